The van der Waals surface area contributed by atoms with Crippen molar-refractivity contribution in [3.63, 3.8) is 0 Å². The monoisotopic (exact) mass is 530 g/mol. The third-order valence-corrected chi connectivity index (χ3v) is 9.74. The van der Waals surface area contributed by atoms with Gasteiger partial charge in [0.05, 0.1) is 10.5 Å². The highest BCUT2D eigenvalue weighted by molar-refractivity contribution is 7.99. The number of hydrogen-bond acceptors (Lipinski definition) is 4. The van der Waals surface area contributed by atoms with E-state index in [9.17, 15) is 17.6 Å². The Morgan fingerprint density at radius 2 is 1.81 bits per heavy atom. The molecule has 5 nitrogen and oxygen atoms in total. The number of nitrogens with one attached hydrogen (secondary N) is 1. The van der Waals surface area contributed by atoms with Crippen LogP contribution < -0.4 is 5.32 Å². The Balaban J connectivity index is 1.59. The van der Waals surface area contributed by atoms with Crippen LogP contribution in [0.25, 0.3) is 0 Å². The summed E-state index contributed by atoms with van der Waals surface area (Å²) in [5.74, 6) is -0.0587. The van der Waals surface area contributed by atoms with Gasteiger partial charge in [0.15, 0.2) is 0 Å². The molecule has 1 aliphatic carbocycles. The zero-order chi connectivity index (χ0) is 25.7. The molecule has 0 saturated carbocycles. The molecular weight excluding hydrogens is 495 g/mol. The van der Waals surface area contributed by atoms with Gasteiger partial charge in [-0.25, -0.2) is 12.8 Å². The number of amides is 1. The lowest BCUT2D eigenvalue weighted by molar-refractivity contribution is 0.0951. The number of sulfonamides is 1. The fraction of sp³-hybridized carbons (Fsp3) is 0.464. The maximum absolute atomic E-state index is 13.5. The van der Waals surface area contributed by atoms with E-state index < -0.39 is 10.0 Å². The Bertz CT molecular complexity index is 1200. The SMILES string of the molecule is CC1CC(C)CN(S(=O)(=O)c2ccc(Sc3ccc(F)cc3)c(C(=O)NCCC3=CCCCC3)c2)C1. The van der Waals surface area contributed by atoms with Crippen molar-refractivity contribution in [3.8, 4) is 0 Å². The topological polar surface area (TPSA) is 66.5 Å². The number of halogens is 1. The lowest BCUT2D eigenvalue weighted by Gasteiger charge is -2.34. The molecule has 1 fully saturated rings. The Morgan fingerprint density at radius 1 is 1.08 bits per heavy atom. The number of carbonyl (C=O) groups excluding carboxylic acids is 1. The first-order valence-corrected chi connectivity index (χ1v) is 15.0. The van der Waals surface area contributed by atoms with E-state index in [0.29, 0.717) is 30.1 Å². The highest BCUT2D eigenvalue weighted by atomic mass is 32.2. The van der Waals surface area contributed by atoms with Gasteiger partial charge in [-0.15, -0.1) is 0 Å². The maximum Gasteiger partial charge on any atom is 0.252 e. The van der Waals surface area contributed by atoms with Crippen molar-refractivity contribution in [2.75, 3.05) is 19.6 Å². The van der Waals surface area contributed by atoms with E-state index in [0.717, 1.165) is 30.6 Å². The first-order valence-electron chi connectivity index (χ1n) is 12.8. The predicted molar refractivity (Wildman–Crippen MR) is 142 cm³/mol. The van der Waals surface area contributed by atoms with Gasteiger partial charge < -0.3 is 5.32 Å². The number of rotatable bonds is 8. The summed E-state index contributed by atoms with van der Waals surface area (Å²) < 4.78 is 42.0. The summed E-state index contributed by atoms with van der Waals surface area (Å²) in [6, 6.07) is 10.8. The summed E-state index contributed by atoms with van der Waals surface area (Å²) in [7, 11) is -3.73. The van der Waals surface area contributed by atoms with Crippen LogP contribution in [0.3, 0.4) is 0 Å². The second-order valence-corrected chi connectivity index (χ2v) is 13.1. The molecular formula is C28H35FN2O3S2. The van der Waals surface area contributed by atoms with Crippen molar-refractivity contribution in [2.45, 2.75) is 67.1 Å². The van der Waals surface area contributed by atoms with E-state index in [4.69, 9.17) is 0 Å². The normalized spacial score (nSPS) is 21.1. The molecule has 2 aromatic carbocycles. The molecule has 2 atom stereocenters. The van der Waals surface area contributed by atoms with E-state index in [-0.39, 0.29) is 28.5 Å². The van der Waals surface area contributed by atoms with Gasteiger partial charge in [-0.1, -0.05) is 37.3 Å². The molecule has 1 amide bonds. The second kappa shape index (κ2) is 11.9. The van der Waals surface area contributed by atoms with Crippen molar-refractivity contribution in [2.24, 2.45) is 11.8 Å². The van der Waals surface area contributed by atoms with Crippen LogP contribution in [0, 0.1) is 17.7 Å². The highest BCUT2D eigenvalue weighted by Crippen LogP contribution is 2.34. The van der Waals surface area contributed by atoms with Crippen LogP contribution in [0.2, 0.25) is 0 Å². The lowest BCUT2D eigenvalue weighted by atomic mass is 9.94. The summed E-state index contributed by atoms with van der Waals surface area (Å²) in [5, 5.41) is 2.99. The predicted octanol–water partition coefficient (Wildman–Crippen LogP) is 6.26. The first kappa shape index (κ1) is 26.9. The Kier molecular flexibility index (Phi) is 8.91. The molecule has 2 aliphatic rings. The van der Waals surface area contributed by atoms with Crippen molar-refractivity contribution in [1.82, 2.24) is 9.62 Å². The van der Waals surface area contributed by atoms with Crippen LogP contribution in [0.1, 0.15) is 62.7 Å². The van der Waals surface area contributed by atoms with E-state index >= 15 is 0 Å². The van der Waals surface area contributed by atoms with Gasteiger partial charge in [0.25, 0.3) is 5.91 Å². The number of piperidine rings is 1. The number of benzene rings is 2. The average molecular weight is 531 g/mol. The molecule has 1 aliphatic heterocycles. The van der Waals surface area contributed by atoms with Gasteiger partial charge in [0.2, 0.25) is 10.0 Å². The molecule has 2 aromatic rings. The molecule has 1 saturated heterocycles. The van der Waals surface area contributed by atoms with Crippen LogP contribution in [-0.2, 0) is 10.0 Å². The molecule has 0 bridgehead atoms. The van der Waals surface area contributed by atoms with Gasteiger partial charge in [-0.2, -0.15) is 4.31 Å². The summed E-state index contributed by atoms with van der Waals surface area (Å²) >= 11 is 1.32. The fourth-order valence-corrected chi connectivity index (χ4v) is 7.71. The Morgan fingerprint density at radius 3 is 2.47 bits per heavy atom. The van der Waals surface area contributed by atoms with E-state index in [1.807, 2.05) is 0 Å². The van der Waals surface area contributed by atoms with Crippen LogP contribution >= 0.6 is 11.8 Å². The van der Waals surface area contributed by atoms with E-state index in [2.05, 4.69) is 25.2 Å². The summed E-state index contributed by atoms with van der Waals surface area (Å²) in [6.07, 6.45) is 8.63. The van der Waals surface area contributed by atoms with Crippen LogP contribution in [0.4, 0.5) is 4.39 Å². The van der Waals surface area contributed by atoms with Crippen LogP contribution in [0.15, 0.2) is 68.8 Å². The molecule has 36 heavy (non-hydrogen) atoms. The molecule has 8 heteroatoms. The fourth-order valence-electron chi connectivity index (χ4n) is 5.08. The molecule has 2 unspecified atom stereocenters. The van der Waals surface area contributed by atoms with Crippen molar-refractivity contribution in [1.29, 1.82) is 0 Å². The van der Waals surface area contributed by atoms with Crippen molar-refractivity contribution < 1.29 is 17.6 Å². The van der Waals surface area contributed by atoms with Crippen LogP contribution in [-0.4, -0.2) is 38.3 Å². The quantitative estimate of drug-likeness (QED) is 0.409. The average Bonchev–Trinajstić information content (AvgIpc) is 2.85. The Labute approximate surface area is 218 Å². The molecule has 0 radical (unpaired) electrons. The largest absolute Gasteiger partial charge is 0.352 e. The number of carbonyl (C=O) groups is 1. The first-order chi connectivity index (χ1) is 17.2. The summed E-state index contributed by atoms with van der Waals surface area (Å²) in [6.45, 7) is 5.61. The minimum absolute atomic E-state index is 0.132. The van der Waals surface area contributed by atoms with Gasteiger partial charge in [0, 0.05) is 29.4 Å². The van der Waals surface area contributed by atoms with Crippen molar-refractivity contribution >= 4 is 27.7 Å². The molecule has 0 aromatic heterocycles. The van der Waals surface area contributed by atoms with Crippen LogP contribution in [0.5, 0.6) is 0 Å². The molecule has 1 N–H and O–H groups in total. The second-order valence-electron chi connectivity index (χ2n) is 10.1. The molecule has 194 valence electrons. The maximum atomic E-state index is 13.5. The summed E-state index contributed by atoms with van der Waals surface area (Å²) in [5.41, 5.74) is 1.69. The minimum Gasteiger partial charge on any atom is -0.352 e. The zero-order valence-corrected chi connectivity index (χ0v) is 22.6. The zero-order valence-electron chi connectivity index (χ0n) is 21.0. The van der Waals surface area contributed by atoms with Crippen molar-refractivity contribution in [3.05, 3.63) is 65.5 Å². The van der Waals surface area contributed by atoms with Gasteiger partial charge >= 0.3 is 0 Å². The number of nitrogens with zero attached hydrogens (tertiary/aromatic N) is 1. The molecule has 0 spiro atoms. The smallest absolute Gasteiger partial charge is 0.252 e. The van der Waals surface area contributed by atoms with E-state index in [1.165, 1.54) is 48.4 Å². The Hall–Kier alpha value is -2.16. The minimum atomic E-state index is -3.73. The van der Waals surface area contributed by atoms with Gasteiger partial charge in [0.1, 0.15) is 5.82 Å². The third kappa shape index (κ3) is 6.78. The molecule has 1 heterocycles. The van der Waals surface area contributed by atoms with E-state index in [1.54, 1.807) is 28.6 Å². The highest BCUT2D eigenvalue weighted by Gasteiger charge is 2.32. The molecule has 4 rings (SSSR count). The summed E-state index contributed by atoms with van der Waals surface area (Å²) in [4.78, 5) is 14.8. The number of hydrogen-bond donors (Lipinski definition) is 1. The number of allylic oxidation sites excluding steroid dienone is 1. The lowest BCUT2D eigenvalue weighted by Crippen LogP contribution is -2.42. The van der Waals surface area contributed by atoms with Gasteiger partial charge in [-0.05, 0) is 92.8 Å². The third-order valence-electron chi connectivity index (χ3n) is 6.83. The van der Waals surface area contributed by atoms with Gasteiger partial charge in [-0.3, -0.25) is 4.79 Å². The standard InChI is InChI=1S/C28H35FN2O3S2/c1-20-16-21(2)19-31(18-20)36(33,34)25-12-13-27(35-24-10-8-23(29)9-11-24)26(17-25)28(32)30-15-14-22-6-4-3-5-7-22/h6,8-13,17,20-21H,3-5,7,14-16,18-19H2,1-2H3,(H,30,32).